The highest BCUT2D eigenvalue weighted by Gasteiger charge is 2.35. The number of amides is 2. The number of benzene rings is 3. The van der Waals surface area contributed by atoms with Crippen molar-refractivity contribution in [3.63, 3.8) is 0 Å². The smallest absolute Gasteiger partial charge is 0.264 e. The summed E-state index contributed by atoms with van der Waals surface area (Å²) in [5.74, 6) is -1.76. The molecule has 2 amide bonds. The standard InChI is InChI=1S/C31H33Cl3FN3O4S/c1-2-29(31(40)36-21-10-5-3-6-11-21)37(19-24-25(32)14-9-15-26(24)33)30(39)20-38(22-16-17-28(35)27(34)18-22)43(41,42)23-12-7-4-8-13-23/h4,7-9,12-18,21,29H,2-3,5-6,10-11,19-20H2,1H3,(H,36,40)/t29-/m0/s1. The summed E-state index contributed by atoms with van der Waals surface area (Å²) in [6.45, 7) is 0.934. The Morgan fingerprint density at radius 1 is 0.930 bits per heavy atom. The van der Waals surface area contributed by atoms with Crippen LogP contribution in [0.5, 0.6) is 0 Å². The van der Waals surface area contributed by atoms with Gasteiger partial charge < -0.3 is 10.2 Å². The minimum atomic E-state index is -4.32. The van der Waals surface area contributed by atoms with E-state index in [1.54, 1.807) is 43.3 Å². The van der Waals surface area contributed by atoms with Crippen LogP contribution in [0.4, 0.5) is 10.1 Å². The first-order valence-electron chi connectivity index (χ1n) is 14.1. The van der Waals surface area contributed by atoms with E-state index in [1.807, 2.05) is 0 Å². The van der Waals surface area contributed by atoms with E-state index in [0.717, 1.165) is 48.5 Å². The Morgan fingerprint density at radius 3 is 2.19 bits per heavy atom. The molecule has 0 radical (unpaired) electrons. The van der Waals surface area contributed by atoms with Gasteiger partial charge in [0.1, 0.15) is 18.4 Å². The second kappa shape index (κ2) is 14.8. The Balaban J connectivity index is 1.75. The first-order valence-corrected chi connectivity index (χ1v) is 16.7. The maximum Gasteiger partial charge on any atom is 0.264 e. The molecule has 0 bridgehead atoms. The molecule has 1 saturated carbocycles. The number of nitrogens with one attached hydrogen (secondary N) is 1. The van der Waals surface area contributed by atoms with Gasteiger partial charge in [-0.3, -0.25) is 13.9 Å². The molecule has 1 N–H and O–H groups in total. The number of nitrogens with zero attached hydrogens (tertiary/aromatic N) is 2. The number of anilines is 1. The maximum absolute atomic E-state index is 14.2. The maximum atomic E-state index is 14.2. The number of carbonyl (C=O) groups is 2. The van der Waals surface area contributed by atoms with Gasteiger partial charge in [0, 0.05) is 28.2 Å². The van der Waals surface area contributed by atoms with Gasteiger partial charge in [0.2, 0.25) is 11.8 Å². The monoisotopic (exact) mass is 667 g/mol. The Kier molecular flexibility index (Phi) is 11.3. The molecule has 1 fully saturated rings. The van der Waals surface area contributed by atoms with Crippen LogP contribution < -0.4 is 9.62 Å². The van der Waals surface area contributed by atoms with Crippen LogP contribution in [0.15, 0.2) is 71.6 Å². The lowest BCUT2D eigenvalue weighted by Crippen LogP contribution is -2.54. The van der Waals surface area contributed by atoms with Crippen molar-refractivity contribution in [2.24, 2.45) is 0 Å². The van der Waals surface area contributed by atoms with Crippen molar-refractivity contribution < 1.29 is 22.4 Å². The molecule has 3 aromatic rings. The molecular formula is C31H33Cl3FN3O4S. The molecule has 43 heavy (non-hydrogen) atoms. The van der Waals surface area contributed by atoms with Crippen LogP contribution in [-0.2, 0) is 26.2 Å². The number of sulfonamides is 1. The fraction of sp³-hybridized carbons (Fsp3) is 0.355. The van der Waals surface area contributed by atoms with Gasteiger partial charge in [0.15, 0.2) is 0 Å². The van der Waals surface area contributed by atoms with E-state index in [1.165, 1.54) is 23.1 Å². The van der Waals surface area contributed by atoms with E-state index in [9.17, 15) is 22.4 Å². The van der Waals surface area contributed by atoms with Gasteiger partial charge in [0.05, 0.1) is 15.6 Å². The minimum Gasteiger partial charge on any atom is -0.352 e. The highest BCUT2D eigenvalue weighted by atomic mass is 35.5. The van der Waals surface area contributed by atoms with Crippen LogP contribution in [0.3, 0.4) is 0 Å². The van der Waals surface area contributed by atoms with Crippen molar-refractivity contribution in [3.05, 3.63) is 93.2 Å². The number of hydrogen-bond acceptors (Lipinski definition) is 4. The van der Waals surface area contributed by atoms with Crippen LogP contribution in [0.2, 0.25) is 15.1 Å². The fourth-order valence-corrected chi connectivity index (χ4v) is 7.32. The number of hydrogen-bond donors (Lipinski definition) is 1. The van der Waals surface area contributed by atoms with Gasteiger partial charge >= 0.3 is 0 Å². The zero-order chi connectivity index (χ0) is 31.1. The zero-order valence-electron chi connectivity index (χ0n) is 23.6. The molecule has 3 aromatic carbocycles. The lowest BCUT2D eigenvalue weighted by molar-refractivity contribution is -0.140. The fourth-order valence-electron chi connectivity index (χ4n) is 5.21. The highest BCUT2D eigenvalue weighted by Crippen LogP contribution is 2.30. The van der Waals surface area contributed by atoms with Crippen molar-refractivity contribution in [2.75, 3.05) is 10.8 Å². The average molecular weight is 669 g/mol. The topological polar surface area (TPSA) is 86.8 Å². The molecule has 1 aliphatic carbocycles. The van der Waals surface area contributed by atoms with Crippen LogP contribution in [0.25, 0.3) is 0 Å². The summed E-state index contributed by atoms with van der Waals surface area (Å²) in [6, 6.07) is 14.9. The third-order valence-electron chi connectivity index (χ3n) is 7.53. The van der Waals surface area contributed by atoms with Crippen molar-refractivity contribution >= 4 is 62.3 Å². The summed E-state index contributed by atoms with van der Waals surface area (Å²) in [5, 5.41) is 3.37. The van der Waals surface area contributed by atoms with Crippen molar-refractivity contribution in [1.29, 1.82) is 0 Å². The second-order valence-electron chi connectivity index (χ2n) is 10.4. The van der Waals surface area contributed by atoms with Crippen molar-refractivity contribution in [2.45, 2.75) is 69.0 Å². The summed E-state index contributed by atoms with van der Waals surface area (Å²) >= 11 is 19.0. The second-order valence-corrected chi connectivity index (χ2v) is 13.5. The molecular weight excluding hydrogens is 636 g/mol. The van der Waals surface area contributed by atoms with E-state index >= 15 is 0 Å². The number of carbonyl (C=O) groups excluding carboxylic acids is 2. The third-order valence-corrected chi connectivity index (χ3v) is 10.3. The highest BCUT2D eigenvalue weighted by molar-refractivity contribution is 7.92. The molecule has 4 rings (SSSR count). The lowest BCUT2D eigenvalue weighted by Gasteiger charge is -2.34. The van der Waals surface area contributed by atoms with Crippen LogP contribution >= 0.6 is 34.8 Å². The quantitative estimate of drug-likeness (QED) is 0.234. The number of rotatable bonds is 11. The molecule has 12 heteroatoms. The summed E-state index contributed by atoms with van der Waals surface area (Å²) in [4.78, 5) is 29.1. The predicted molar refractivity (Wildman–Crippen MR) is 168 cm³/mol. The molecule has 0 unspecified atom stereocenters. The molecule has 1 atom stereocenters. The minimum absolute atomic E-state index is 0.00697. The van der Waals surface area contributed by atoms with E-state index in [0.29, 0.717) is 15.6 Å². The van der Waals surface area contributed by atoms with Gasteiger partial charge in [-0.2, -0.15) is 0 Å². The van der Waals surface area contributed by atoms with E-state index < -0.39 is 34.3 Å². The predicted octanol–water partition coefficient (Wildman–Crippen LogP) is 7.24. The Morgan fingerprint density at radius 2 is 1.58 bits per heavy atom. The van der Waals surface area contributed by atoms with Gasteiger partial charge in [0.25, 0.3) is 10.0 Å². The van der Waals surface area contributed by atoms with Crippen LogP contribution in [0.1, 0.15) is 51.0 Å². The van der Waals surface area contributed by atoms with E-state index in [-0.39, 0.29) is 40.5 Å². The molecule has 230 valence electrons. The summed E-state index contributed by atoms with van der Waals surface area (Å²) in [6.07, 6.45) is 5.07. The molecule has 0 aromatic heterocycles. The van der Waals surface area contributed by atoms with Gasteiger partial charge in [-0.25, -0.2) is 12.8 Å². The first-order chi connectivity index (χ1) is 20.5. The third kappa shape index (κ3) is 8.01. The first kappa shape index (κ1) is 33.1. The average Bonchev–Trinajstić information content (AvgIpc) is 2.99. The molecule has 0 saturated heterocycles. The molecule has 7 nitrogen and oxygen atoms in total. The van der Waals surface area contributed by atoms with E-state index in [2.05, 4.69) is 5.32 Å². The SMILES string of the molecule is CC[C@@H](C(=O)NC1CCCCC1)N(Cc1c(Cl)cccc1Cl)C(=O)CN(c1ccc(F)c(Cl)c1)S(=O)(=O)c1ccccc1. The summed E-state index contributed by atoms with van der Waals surface area (Å²) in [5.41, 5.74) is 0.407. The van der Waals surface area contributed by atoms with Crippen LogP contribution in [0, 0.1) is 5.82 Å². The largest absolute Gasteiger partial charge is 0.352 e. The molecule has 0 heterocycles. The Hall–Kier alpha value is -2.85. The van der Waals surface area contributed by atoms with Gasteiger partial charge in [-0.1, -0.05) is 85.3 Å². The normalized spacial score (nSPS) is 14.6. The van der Waals surface area contributed by atoms with Gasteiger partial charge in [-0.15, -0.1) is 0 Å². The Labute approximate surface area is 267 Å². The van der Waals surface area contributed by atoms with Crippen molar-refractivity contribution in [1.82, 2.24) is 10.2 Å². The summed E-state index contributed by atoms with van der Waals surface area (Å²) < 4.78 is 42.7. The summed E-state index contributed by atoms with van der Waals surface area (Å²) in [7, 11) is -4.32. The van der Waals surface area contributed by atoms with Crippen molar-refractivity contribution in [3.8, 4) is 0 Å². The Bertz CT molecular complexity index is 1530. The van der Waals surface area contributed by atoms with Gasteiger partial charge in [-0.05, 0) is 61.7 Å². The van der Waals surface area contributed by atoms with Crippen LogP contribution in [-0.4, -0.2) is 43.8 Å². The molecule has 0 aliphatic heterocycles. The lowest BCUT2D eigenvalue weighted by atomic mass is 9.95. The molecule has 0 spiro atoms. The zero-order valence-corrected chi connectivity index (χ0v) is 26.7. The molecule has 1 aliphatic rings. The number of halogens is 4. The van der Waals surface area contributed by atoms with E-state index in [4.69, 9.17) is 34.8 Å².